The summed E-state index contributed by atoms with van der Waals surface area (Å²) in [4.78, 5) is 4.17. The lowest BCUT2D eigenvalue weighted by Gasteiger charge is -2.25. The van der Waals surface area contributed by atoms with Crippen LogP contribution in [0.1, 0.15) is 18.6 Å². The first-order valence-corrected chi connectivity index (χ1v) is 6.21. The summed E-state index contributed by atoms with van der Waals surface area (Å²) in [6.07, 6.45) is 0.116. The van der Waals surface area contributed by atoms with E-state index in [1.54, 1.807) is 6.07 Å². The lowest BCUT2D eigenvalue weighted by atomic mass is 9.90. The predicted octanol–water partition coefficient (Wildman–Crippen LogP) is -1.14. The summed E-state index contributed by atoms with van der Waals surface area (Å²) in [7, 11) is 0. The first-order valence-electron chi connectivity index (χ1n) is 6.21. The lowest BCUT2D eigenvalue weighted by Crippen LogP contribution is -2.43. The number of nitrogens with two attached hydrogens (primary N) is 1. The fourth-order valence-corrected chi connectivity index (χ4v) is 2.56. The van der Waals surface area contributed by atoms with Gasteiger partial charge in [0.05, 0.1) is 12.8 Å². The van der Waals surface area contributed by atoms with Crippen LogP contribution in [0.5, 0.6) is 0 Å². The Kier molecular flexibility index (Phi) is 2.91. The Bertz CT molecular complexity index is 641. The third kappa shape index (κ3) is 1.70. The Hall–Kier alpha value is -1.74. The molecular weight excluding hydrogens is 264 g/mol. The third-order valence-corrected chi connectivity index (χ3v) is 3.71. The number of nitrogens with zero attached hydrogens (tertiary/aromatic N) is 3. The second kappa shape index (κ2) is 4.38. The fraction of sp³-hybridized carbons (Fsp3) is 0.500. The molecule has 108 valence electrons. The van der Waals surface area contributed by atoms with Crippen molar-refractivity contribution in [1.82, 2.24) is 14.6 Å². The largest absolute Gasteiger partial charge is 0.394 e. The number of aliphatic hydroxyl groups excluding tert-OH is 2. The maximum Gasteiger partial charge on any atom is 0.163 e. The van der Waals surface area contributed by atoms with Gasteiger partial charge in [-0.3, -0.25) is 0 Å². The molecule has 20 heavy (non-hydrogen) atoms. The zero-order valence-corrected chi connectivity index (χ0v) is 10.8. The predicted molar refractivity (Wildman–Crippen MR) is 68.7 cm³/mol. The number of fused-ring (bicyclic) bond motifs is 1. The van der Waals surface area contributed by atoms with Crippen LogP contribution in [0, 0.1) is 0 Å². The van der Waals surface area contributed by atoms with Gasteiger partial charge in [0.15, 0.2) is 5.65 Å². The highest BCUT2D eigenvalue weighted by atomic mass is 16.6. The summed E-state index contributed by atoms with van der Waals surface area (Å²) in [5.41, 5.74) is 5.19. The van der Waals surface area contributed by atoms with Crippen molar-refractivity contribution in [2.45, 2.75) is 30.8 Å². The molecule has 8 nitrogen and oxygen atoms in total. The Morgan fingerprint density at radius 2 is 2.30 bits per heavy atom. The molecule has 2 aromatic heterocycles. The number of ether oxygens (including phenoxy) is 1. The molecule has 1 aliphatic rings. The highest BCUT2D eigenvalue weighted by Gasteiger charge is 2.53. The van der Waals surface area contributed by atoms with E-state index in [0.29, 0.717) is 17.0 Å². The zero-order valence-electron chi connectivity index (χ0n) is 10.8. The van der Waals surface area contributed by atoms with E-state index in [4.69, 9.17) is 10.5 Å². The molecule has 0 saturated carbocycles. The molecule has 5 N–H and O–H groups in total. The summed E-state index contributed by atoms with van der Waals surface area (Å²) in [6.45, 7) is 1.07. The van der Waals surface area contributed by atoms with Gasteiger partial charge in [0.1, 0.15) is 29.7 Å². The molecule has 0 aromatic carbocycles. The molecular formula is C12H16N4O4. The van der Waals surface area contributed by atoms with Gasteiger partial charge in [-0.25, -0.2) is 4.98 Å². The van der Waals surface area contributed by atoms with Crippen LogP contribution >= 0.6 is 0 Å². The average Bonchev–Trinajstić information content (AvgIpc) is 2.92. The highest BCUT2D eigenvalue weighted by Crippen LogP contribution is 2.42. The van der Waals surface area contributed by atoms with E-state index in [2.05, 4.69) is 10.1 Å². The molecule has 3 rings (SSSR count). The van der Waals surface area contributed by atoms with Crippen molar-refractivity contribution in [2.24, 2.45) is 0 Å². The molecule has 1 fully saturated rings. The molecule has 0 amide bonds. The smallest absolute Gasteiger partial charge is 0.163 e. The van der Waals surface area contributed by atoms with Crippen LogP contribution in [0.4, 0.5) is 5.82 Å². The van der Waals surface area contributed by atoms with Gasteiger partial charge in [-0.05, 0) is 13.0 Å². The summed E-state index contributed by atoms with van der Waals surface area (Å²) in [5.74, 6) is 0.401. The summed E-state index contributed by atoms with van der Waals surface area (Å²) in [6, 6.07) is 1.60. The van der Waals surface area contributed by atoms with E-state index in [0.717, 1.165) is 0 Å². The van der Waals surface area contributed by atoms with Crippen LogP contribution in [-0.2, 0) is 4.74 Å². The highest BCUT2D eigenvalue weighted by molar-refractivity contribution is 5.53. The normalized spacial score (nSPS) is 33.9. The minimum absolute atomic E-state index is 0.386. The lowest BCUT2D eigenvalue weighted by molar-refractivity contribution is -0.0641. The van der Waals surface area contributed by atoms with Crippen molar-refractivity contribution in [1.29, 1.82) is 0 Å². The van der Waals surface area contributed by atoms with E-state index in [1.165, 1.54) is 23.8 Å². The maximum atomic E-state index is 10.4. The number of anilines is 1. The summed E-state index contributed by atoms with van der Waals surface area (Å²) in [5, 5.41) is 33.7. The number of rotatable bonds is 2. The number of nitrogen functional groups attached to an aromatic ring is 1. The third-order valence-electron chi connectivity index (χ3n) is 3.71. The minimum atomic E-state index is -1.55. The van der Waals surface area contributed by atoms with Crippen molar-refractivity contribution in [3.8, 4) is 0 Å². The summed E-state index contributed by atoms with van der Waals surface area (Å²) >= 11 is 0. The Morgan fingerprint density at radius 1 is 1.55 bits per heavy atom. The van der Waals surface area contributed by atoms with Crippen LogP contribution in [-0.4, -0.2) is 54.3 Å². The number of hydrogen-bond acceptors (Lipinski definition) is 7. The first kappa shape index (κ1) is 13.3. The minimum Gasteiger partial charge on any atom is -0.394 e. The van der Waals surface area contributed by atoms with Gasteiger partial charge in [0.2, 0.25) is 0 Å². The molecule has 0 aliphatic carbocycles. The maximum absolute atomic E-state index is 10.4. The molecule has 0 bridgehead atoms. The molecule has 4 atom stereocenters. The topological polar surface area (TPSA) is 126 Å². The number of aromatic nitrogens is 3. The van der Waals surface area contributed by atoms with Crippen LogP contribution in [0.25, 0.3) is 5.65 Å². The van der Waals surface area contributed by atoms with Crippen LogP contribution in [0.15, 0.2) is 18.5 Å². The Morgan fingerprint density at radius 3 is 2.95 bits per heavy atom. The summed E-state index contributed by atoms with van der Waals surface area (Å²) < 4.78 is 6.97. The Labute approximate surface area is 114 Å². The van der Waals surface area contributed by atoms with Crippen LogP contribution < -0.4 is 5.73 Å². The van der Waals surface area contributed by atoms with Gasteiger partial charge >= 0.3 is 0 Å². The van der Waals surface area contributed by atoms with Crippen molar-refractivity contribution < 1.29 is 20.1 Å². The van der Waals surface area contributed by atoms with Gasteiger partial charge in [0, 0.05) is 11.8 Å². The standard InChI is InChI=1S/C12H16N4O4/c1-12(19)9(18)7(5-17)20-10(12)6-4-15-16-8(13)2-3-14-11(6)16/h2-4,7,9-10,17-19H,5,13H2,1H3/t7-,9-,10+,12-/m1/s1. The van der Waals surface area contributed by atoms with Gasteiger partial charge in [-0.1, -0.05) is 0 Å². The van der Waals surface area contributed by atoms with Gasteiger partial charge in [-0.15, -0.1) is 0 Å². The molecule has 3 heterocycles. The van der Waals surface area contributed by atoms with E-state index >= 15 is 0 Å². The monoisotopic (exact) mass is 280 g/mol. The molecule has 1 aliphatic heterocycles. The van der Waals surface area contributed by atoms with E-state index < -0.39 is 23.9 Å². The van der Waals surface area contributed by atoms with Crippen molar-refractivity contribution in [3.05, 3.63) is 24.0 Å². The van der Waals surface area contributed by atoms with E-state index in [-0.39, 0.29) is 6.61 Å². The SMILES string of the molecule is C[C@@]1(O)[C@H](O)[C@@H](CO)O[C@H]1c1cnn2c(N)ccnc12. The van der Waals surface area contributed by atoms with Crippen LogP contribution in [0.2, 0.25) is 0 Å². The molecule has 0 radical (unpaired) electrons. The number of aliphatic hydroxyl groups is 3. The van der Waals surface area contributed by atoms with Crippen molar-refractivity contribution in [2.75, 3.05) is 12.3 Å². The molecule has 2 aromatic rings. The van der Waals surface area contributed by atoms with Crippen LogP contribution in [0.3, 0.4) is 0 Å². The fourth-order valence-electron chi connectivity index (χ4n) is 2.56. The average molecular weight is 280 g/mol. The van der Waals surface area contributed by atoms with Crippen molar-refractivity contribution in [3.63, 3.8) is 0 Å². The van der Waals surface area contributed by atoms with Gasteiger partial charge in [0.25, 0.3) is 0 Å². The quantitative estimate of drug-likeness (QED) is 0.547. The Balaban J connectivity index is 2.10. The zero-order chi connectivity index (χ0) is 14.5. The van der Waals surface area contributed by atoms with Gasteiger partial charge < -0.3 is 25.8 Å². The molecule has 0 spiro atoms. The van der Waals surface area contributed by atoms with E-state index in [9.17, 15) is 15.3 Å². The van der Waals surface area contributed by atoms with E-state index in [1.807, 2.05) is 0 Å². The molecule has 8 heteroatoms. The first-order chi connectivity index (χ1) is 9.46. The van der Waals surface area contributed by atoms with Crippen molar-refractivity contribution >= 4 is 11.5 Å². The second-order valence-corrected chi connectivity index (χ2v) is 5.11. The molecule has 1 saturated heterocycles. The molecule has 0 unspecified atom stereocenters. The van der Waals surface area contributed by atoms with Gasteiger partial charge in [-0.2, -0.15) is 9.61 Å². The number of hydrogen-bond donors (Lipinski definition) is 4. The second-order valence-electron chi connectivity index (χ2n) is 5.11.